The van der Waals surface area contributed by atoms with Gasteiger partial charge < -0.3 is 10.2 Å². The Morgan fingerprint density at radius 2 is 1.88 bits per heavy atom. The first-order valence-electron chi connectivity index (χ1n) is 6.05. The van der Waals surface area contributed by atoms with E-state index >= 15 is 0 Å². The highest BCUT2D eigenvalue weighted by Gasteiger charge is 2.29. The zero-order valence-corrected chi connectivity index (χ0v) is 10.3. The van der Waals surface area contributed by atoms with Crippen molar-refractivity contribution in [3.8, 4) is 0 Å². The summed E-state index contributed by atoms with van der Waals surface area (Å²) in [7, 11) is 1.75. The summed E-state index contributed by atoms with van der Waals surface area (Å²) >= 11 is 0. The molecule has 0 saturated heterocycles. The fraction of sp³-hybridized carbons (Fsp3) is 0.538. The van der Waals surface area contributed by atoms with Crippen molar-refractivity contribution in [3.05, 3.63) is 29.3 Å². The Bertz CT molecular complexity index is 379. The lowest BCUT2D eigenvalue weighted by Crippen LogP contribution is -2.22. The predicted molar refractivity (Wildman–Crippen MR) is 65.2 cm³/mol. The maximum Gasteiger partial charge on any atom is 0.149 e. The van der Waals surface area contributed by atoms with Crippen molar-refractivity contribution in [1.29, 1.82) is 0 Å². The van der Waals surface area contributed by atoms with Crippen LogP contribution in [0.4, 0.5) is 14.5 Å². The summed E-state index contributed by atoms with van der Waals surface area (Å²) in [4.78, 5) is 1.71. The molecule has 94 valence electrons. The lowest BCUT2D eigenvalue weighted by atomic mass is 10.1. The molecule has 4 heteroatoms. The second-order valence-corrected chi connectivity index (χ2v) is 4.53. The Hall–Kier alpha value is -1.16. The second-order valence-electron chi connectivity index (χ2n) is 4.53. The molecule has 0 radical (unpaired) electrons. The molecule has 0 spiro atoms. The maximum absolute atomic E-state index is 13.9. The number of benzene rings is 1. The van der Waals surface area contributed by atoms with Gasteiger partial charge in [-0.2, -0.15) is 0 Å². The summed E-state index contributed by atoms with van der Waals surface area (Å²) in [5, 5.41) is 3.06. The molecule has 0 aromatic heterocycles. The van der Waals surface area contributed by atoms with E-state index in [0.29, 0.717) is 18.2 Å². The van der Waals surface area contributed by atoms with E-state index in [9.17, 15) is 8.78 Å². The van der Waals surface area contributed by atoms with Crippen molar-refractivity contribution in [2.24, 2.45) is 0 Å². The quantitative estimate of drug-likeness (QED) is 0.851. The first-order valence-corrected chi connectivity index (χ1v) is 6.05. The van der Waals surface area contributed by atoms with Crippen LogP contribution in [0.15, 0.2) is 12.1 Å². The third-order valence-corrected chi connectivity index (χ3v) is 3.10. The van der Waals surface area contributed by atoms with Crippen LogP contribution < -0.4 is 10.2 Å². The van der Waals surface area contributed by atoms with Gasteiger partial charge in [-0.25, -0.2) is 8.78 Å². The third kappa shape index (κ3) is 2.75. The Balaban J connectivity index is 2.22. The van der Waals surface area contributed by atoms with Gasteiger partial charge >= 0.3 is 0 Å². The molecule has 0 bridgehead atoms. The third-order valence-electron chi connectivity index (χ3n) is 3.10. The van der Waals surface area contributed by atoms with E-state index in [1.54, 1.807) is 11.9 Å². The number of rotatable bonds is 5. The predicted octanol–water partition coefficient (Wildman–Crippen LogP) is 2.67. The van der Waals surface area contributed by atoms with Gasteiger partial charge in [0.25, 0.3) is 0 Å². The summed E-state index contributed by atoms with van der Waals surface area (Å²) in [5.41, 5.74) is 0.752. The van der Waals surface area contributed by atoms with Crippen LogP contribution in [-0.2, 0) is 6.54 Å². The summed E-state index contributed by atoms with van der Waals surface area (Å²) < 4.78 is 27.7. The van der Waals surface area contributed by atoms with Crippen LogP contribution >= 0.6 is 0 Å². The van der Waals surface area contributed by atoms with E-state index in [1.807, 2.05) is 6.92 Å². The summed E-state index contributed by atoms with van der Waals surface area (Å²) in [5.74, 6) is -0.931. The minimum atomic E-state index is -0.465. The van der Waals surface area contributed by atoms with E-state index in [2.05, 4.69) is 5.32 Å². The molecule has 2 nitrogen and oxygen atoms in total. The first kappa shape index (κ1) is 12.3. The van der Waals surface area contributed by atoms with E-state index in [0.717, 1.165) is 19.4 Å². The number of nitrogens with one attached hydrogen (secondary N) is 1. The zero-order chi connectivity index (χ0) is 12.4. The molecule has 1 saturated carbocycles. The van der Waals surface area contributed by atoms with Crippen molar-refractivity contribution in [2.75, 3.05) is 18.5 Å². The van der Waals surface area contributed by atoms with Crippen LogP contribution in [0.25, 0.3) is 0 Å². The topological polar surface area (TPSA) is 15.3 Å². The Labute approximate surface area is 101 Å². The van der Waals surface area contributed by atoms with Gasteiger partial charge in [-0.1, -0.05) is 6.92 Å². The number of hydrogen-bond donors (Lipinski definition) is 1. The molecule has 2 rings (SSSR count). The lowest BCUT2D eigenvalue weighted by molar-refractivity contribution is 0.570. The molecule has 1 aliphatic carbocycles. The molecule has 0 aliphatic heterocycles. The largest absolute Gasteiger partial charge is 0.367 e. The van der Waals surface area contributed by atoms with Crippen molar-refractivity contribution in [2.45, 2.75) is 32.4 Å². The lowest BCUT2D eigenvalue weighted by Gasteiger charge is -2.20. The smallest absolute Gasteiger partial charge is 0.149 e. The second kappa shape index (κ2) is 5.00. The molecule has 1 aromatic rings. The summed E-state index contributed by atoms with van der Waals surface area (Å²) in [6.45, 7) is 3.24. The van der Waals surface area contributed by atoms with Gasteiger partial charge in [-0.05, 0) is 37.1 Å². The number of halogens is 2. The van der Waals surface area contributed by atoms with E-state index in [4.69, 9.17) is 0 Å². The molecule has 1 fully saturated rings. The minimum Gasteiger partial charge on any atom is -0.367 e. The molecular formula is C13H18F2N2. The SMILES string of the molecule is CCNCc1cc(F)c(N(C)C2CC2)c(F)c1. The molecule has 0 heterocycles. The standard InChI is InChI=1S/C13H18F2N2/c1-3-16-8-9-6-11(14)13(12(15)7-9)17(2)10-4-5-10/h6-7,10,16H,3-5,8H2,1-2H3. The molecule has 1 N–H and O–H groups in total. The van der Waals surface area contributed by atoms with Gasteiger partial charge in [0.1, 0.15) is 17.3 Å². The van der Waals surface area contributed by atoms with Gasteiger partial charge in [-0.3, -0.25) is 0 Å². The van der Waals surface area contributed by atoms with Crippen molar-refractivity contribution < 1.29 is 8.78 Å². The van der Waals surface area contributed by atoms with Gasteiger partial charge in [0.05, 0.1) is 0 Å². The molecule has 0 amide bonds. The summed E-state index contributed by atoms with van der Waals surface area (Å²) in [6, 6.07) is 3.14. The van der Waals surface area contributed by atoms with Crippen LogP contribution in [0.1, 0.15) is 25.3 Å². The Kier molecular flexibility index (Phi) is 3.62. The van der Waals surface area contributed by atoms with Crippen LogP contribution in [0.5, 0.6) is 0 Å². The van der Waals surface area contributed by atoms with Crippen LogP contribution in [0.2, 0.25) is 0 Å². The monoisotopic (exact) mass is 240 g/mol. The van der Waals surface area contributed by atoms with E-state index < -0.39 is 11.6 Å². The van der Waals surface area contributed by atoms with Crippen molar-refractivity contribution in [1.82, 2.24) is 5.32 Å². The summed E-state index contributed by atoms with van der Waals surface area (Å²) in [6.07, 6.45) is 2.04. The Morgan fingerprint density at radius 1 is 1.29 bits per heavy atom. The number of hydrogen-bond acceptors (Lipinski definition) is 2. The zero-order valence-electron chi connectivity index (χ0n) is 10.3. The Morgan fingerprint density at radius 3 is 2.35 bits per heavy atom. The highest BCUT2D eigenvalue weighted by molar-refractivity contribution is 5.51. The molecule has 0 atom stereocenters. The van der Waals surface area contributed by atoms with Crippen LogP contribution in [0.3, 0.4) is 0 Å². The van der Waals surface area contributed by atoms with E-state index in [1.165, 1.54) is 12.1 Å². The van der Waals surface area contributed by atoms with Crippen molar-refractivity contribution in [3.63, 3.8) is 0 Å². The average Bonchev–Trinajstić information content (AvgIpc) is 3.08. The van der Waals surface area contributed by atoms with E-state index in [-0.39, 0.29) is 5.69 Å². The first-order chi connectivity index (χ1) is 8.13. The fourth-order valence-electron chi connectivity index (χ4n) is 1.97. The molecule has 1 aromatic carbocycles. The normalized spacial score (nSPS) is 15.1. The molecule has 0 unspecified atom stereocenters. The van der Waals surface area contributed by atoms with Crippen LogP contribution in [0, 0.1) is 11.6 Å². The highest BCUT2D eigenvalue weighted by atomic mass is 19.1. The molecule has 1 aliphatic rings. The fourth-order valence-corrected chi connectivity index (χ4v) is 1.97. The minimum absolute atomic E-state index is 0.104. The van der Waals surface area contributed by atoms with Crippen LogP contribution in [-0.4, -0.2) is 19.6 Å². The average molecular weight is 240 g/mol. The molecular weight excluding hydrogens is 222 g/mol. The van der Waals surface area contributed by atoms with Gasteiger partial charge in [0, 0.05) is 19.6 Å². The van der Waals surface area contributed by atoms with Gasteiger partial charge in [0.15, 0.2) is 0 Å². The van der Waals surface area contributed by atoms with Crippen molar-refractivity contribution >= 4 is 5.69 Å². The molecule has 17 heavy (non-hydrogen) atoms. The van der Waals surface area contributed by atoms with Gasteiger partial charge in [0.2, 0.25) is 0 Å². The number of nitrogens with zero attached hydrogens (tertiary/aromatic N) is 1. The maximum atomic E-state index is 13.9. The number of anilines is 1. The highest BCUT2D eigenvalue weighted by Crippen LogP contribution is 2.33. The van der Waals surface area contributed by atoms with Gasteiger partial charge in [-0.15, -0.1) is 0 Å².